The predicted molar refractivity (Wildman–Crippen MR) is 118 cm³/mol. The number of hydrogen-bond donors (Lipinski definition) is 3. The predicted octanol–water partition coefficient (Wildman–Crippen LogP) is 3.44. The first-order valence-electron chi connectivity index (χ1n) is 11.0. The molecule has 1 saturated heterocycles. The van der Waals surface area contributed by atoms with E-state index in [1.54, 1.807) is 0 Å². The molecule has 0 radical (unpaired) electrons. The van der Waals surface area contributed by atoms with Gasteiger partial charge in [0, 0.05) is 30.9 Å². The van der Waals surface area contributed by atoms with Crippen molar-refractivity contribution >= 4 is 17.6 Å². The Hall–Kier alpha value is -3.57. The summed E-state index contributed by atoms with van der Waals surface area (Å²) in [5, 5.41) is 14.5. The van der Waals surface area contributed by atoms with E-state index in [-0.39, 0.29) is 11.0 Å². The van der Waals surface area contributed by atoms with Gasteiger partial charge in [0.05, 0.1) is 5.69 Å². The maximum absolute atomic E-state index is 14.3. The van der Waals surface area contributed by atoms with E-state index in [0.717, 1.165) is 29.9 Å². The third-order valence-corrected chi connectivity index (χ3v) is 6.41. The lowest BCUT2D eigenvalue weighted by molar-refractivity contribution is -0.139. The number of aromatic nitrogens is 1. The summed E-state index contributed by atoms with van der Waals surface area (Å²) in [7, 11) is 0. The molecule has 3 aliphatic heterocycles. The van der Waals surface area contributed by atoms with Gasteiger partial charge in [0.1, 0.15) is 18.0 Å². The van der Waals surface area contributed by atoms with Gasteiger partial charge in [-0.05, 0) is 36.5 Å². The normalized spacial score (nSPS) is 22.6. The van der Waals surface area contributed by atoms with Gasteiger partial charge < -0.3 is 20.6 Å². The molecule has 35 heavy (non-hydrogen) atoms. The molecule has 3 aliphatic rings. The Bertz CT molecular complexity index is 1120. The Morgan fingerprint density at radius 2 is 1.97 bits per heavy atom. The summed E-state index contributed by atoms with van der Waals surface area (Å²) in [5.41, 5.74) is -1.50. The lowest BCUT2D eigenvalue weighted by Gasteiger charge is -2.45. The quantitative estimate of drug-likeness (QED) is 0.425. The monoisotopic (exact) mass is 495 g/mol. The highest BCUT2D eigenvalue weighted by atomic mass is 19.4. The fourth-order valence-corrected chi connectivity index (χ4v) is 4.33. The number of likely N-dealkylation sites (tertiary alicyclic amines) is 1. The van der Waals surface area contributed by atoms with E-state index in [4.69, 9.17) is 0 Å². The molecule has 8 nitrogen and oxygen atoms in total. The number of pyridine rings is 1. The Morgan fingerprint density at radius 3 is 2.60 bits per heavy atom. The van der Waals surface area contributed by atoms with Crippen molar-refractivity contribution in [2.45, 2.75) is 45.1 Å². The standard InChI is InChI=1S/C23H25F4N5O3/c1-22(2)7-10-31(11-8-22)16-12-17(33)32-9-3-4-13(20(32)30-16)19(23(25,26)27)28-14-5-6-15(24)29-18(14)21(34)35/h3-6,9,12,19-20,28,30H,7-8,10-11H2,1-2H3,(H,34,35)/t19-,20?/m0/s1. The van der Waals surface area contributed by atoms with Gasteiger partial charge in [-0.25, -0.2) is 9.78 Å². The van der Waals surface area contributed by atoms with Crippen LogP contribution in [0.4, 0.5) is 23.2 Å². The minimum atomic E-state index is -4.88. The number of carbonyl (C=O) groups excluding carboxylic acids is 1. The minimum Gasteiger partial charge on any atom is -0.476 e. The molecule has 0 aliphatic carbocycles. The van der Waals surface area contributed by atoms with Crippen molar-refractivity contribution in [3.63, 3.8) is 0 Å². The molecule has 0 bridgehead atoms. The van der Waals surface area contributed by atoms with Crippen LogP contribution in [-0.2, 0) is 4.79 Å². The van der Waals surface area contributed by atoms with E-state index < -0.39 is 47.6 Å². The Kier molecular flexibility index (Phi) is 6.24. The Labute approximate surface area is 199 Å². The largest absolute Gasteiger partial charge is 0.476 e. The maximum atomic E-state index is 14.3. The number of carbonyl (C=O) groups is 2. The second-order valence-corrected chi connectivity index (χ2v) is 9.44. The zero-order valence-electron chi connectivity index (χ0n) is 19.1. The number of rotatable bonds is 5. The van der Waals surface area contributed by atoms with E-state index in [1.807, 2.05) is 4.90 Å². The lowest BCUT2D eigenvalue weighted by Crippen LogP contribution is -2.58. The van der Waals surface area contributed by atoms with E-state index in [1.165, 1.54) is 24.4 Å². The van der Waals surface area contributed by atoms with Gasteiger partial charge in [-0.15, -0.1) is 0 Å². The molecule has 12 heteroatoms. The number of aromatic carboxylic acids is 1. The third kappa shape index (κ3) is 5.10. The molecular formula is C23H25F4N5O3. The highest BCUT2D eigenvalue weighted by molar-refractivity contribution is 5.92. The van der Waals surface area contributed by atoms with Gasteiger partial charge in [-0.3, -0.25) is 9.69 Å². The smallest absolute Gasteiger partial charge is 0.412 e. The first-order chi connectivity index (χ1) is 16.4. The lowest BCUT2D eigenvalue weighted by atomic mass is 9.82. The summed E-state index contributed by atoms with van der Waals surface area (Å²) in [6.07, 6.45) is 0.966. The summed E-state index contributed by atoms with van der Waals surface area (Å²) in [6.45, 7) is 5.57. The van der Waals surface area contributed by atoms with Gasteiger partial charge in [0.2, 0.25) is 5.95 Å². The Balaban J connectivity index is 1.65. The van der Waals surface area contributed by atoms with Crippen LogP contribution in [0.15, 0.2) is 48.0 Å². The van der Waals surface area contributed by atoms with E-state index in [2.05, 4.69) is 29.5 Å². The SMILES string of the molecule is CC1(C)CCN(C2=CC(=O)N3C=CC=C([C@H](Nc4ccc(F)nc4C(=O)O)C(F)(F)F)C3N2)CC1. The molecule has 3 N–H and O–H groups in total. The summed E-state index contributed by atoms with van der Waals surface area (Å²) in [6, 6.07) is -0.725. The van der Waals surface area contributed by atoms with Gasteiger partial charge in [0.25, 0.3) is 5.91 Å². The third-order valence-electron chi connectivity index (χ3n) is 6.41. The number of anilines is 1. The van der Waals surface area contributed by atoms with E-state index in [0.29, 0.717) is 18.9 Å². The number of fused-ring (bicyclic) bond motifs is 1. The van der Waals surface area contributed by atoms with Crippen LogP contribution in [0, 0.1) is 11.4 Å². The van der Waals surface area contributed by atoms with Crippen molar-refractivity contribution in [3.8, 4) is 0 Å². The van der Waals surface area contributed by atoms with Crippen LogP contribution >= 0.6 is 0 Å². The molecule has 0 saturated carbocycles. The van der Waals surface area contributed by atoms with Crippen molar-refractivity contribution in [2.75, 3.05) is 18.4 Å². The Morgan fingerprint density at radius 1 is 1.29 bits per heavy atom. The maximum Gasteiger partial charge on any atom is 0.412 e. The van der Waals surface area contributed by atoms with Crippen LogP contribution < -0.4 is 10.6 Å². The summed E-state index contributed by atoms with van der Waals surface area (Å²) in [4.78, 5) is 30.6. The van der Waals surface area contributed by atoms with Crippen LogP contribution in [0.2, 0.25) is 0 Å². The molecule has 1 fully saturated rings. The van der Waals surface area contributed by atoms with Crippen LogP contribution in [0.25, 0.3) is 0 Å². The van der Waals surface area contributed by atoms with Gasteiger partial charge in [-0.1, -0.05) is 19.9 Å². The zero-order valence-corrected chi connectivity index (χ0v) is 19.1. The number of halogens is 4. The molecule has 2 atom stereocenters. The zero-order chi connectivity index (χ0) is 25.5. The number of carboxylic acids is 1. The average molecular weight is 495 g/mol. The molecule has 1 aromatic heterocycles. The van der Waals surface area contributed by atoms with E-state index >= 15 is 0 Å². The van der Waals surface area contributed by atoms with Crippen molar-refractivity contribution in [1.29, 1.82) is 0 Å². The highest BCUT2D eigenvalue weighted by Crippen LogP contribution is 2.36. The van der Waals surface area contributed by atoms with Crippen molar-refractivity contribution in [2.24, 2.45) is 5.41 Å². The van der Waals surface area contributed by atoms with Gasteiger partial charge in [0.15, 0.2) is 5.69 Å². The summed E-state index contributed by atoms with van der Waals surface area (Å²) < 4.78 is 56.3. The number of nitrogens with zero attached hydrogens (tertiary/aromatic N) is 3. The molecule has 0 spiro atoms. The first-order valence-corrected chi connectivity index (χ1v) is 11.0. The number of hydrogen-bond acceptors (Lipinski definition) is 6. The van der Waals surface area contributed by atoms with Crippen molar-refractivity contribution in [3.05, 3.63) is 59.6 Å². The van der Waals surface area contributed by atoms with Crippen LogP contribution in [0.1, 0.15) is 37.2 Å². The molecule has 1 amide bonds. The fraction of sp³-hybridized carbons (Fsp3) is 0.435. The second kappa shape index (κ2) is 8.90. The number of carboxylic acid groups (broad SMARTS) is 1. The van der Waals surface area contributed by atoms with Crippen LogP contribution in [0.5, 0.6) is 0 Å². The number of nitrogens with one attached hydrogen (secondary N) is 2. The first kappa shape index (κ1) is 24.6. The number of allylic oxidation sites excluding steroid dienone is 2. The number of piperidine rings is 1. The molecular weight excluding hydrogens is 470 g/mol. The van der Waals surface area contributed by atoms with Crippen LogP contribution in [0.3, 0.4) is 0 Å². The molecule has 4 rings (SSSR count). The molecule has 1 aromatic rings. The van der Waals surface area contributed by atoms with Crippen molar-refractivity contribution < 1.29 is 32.3 Å². The van der Waals surface area contributed by atoms with Crippen LogP contribution in [-0.4, -0.2) is 63.2 Å². The summed E-state index contributed by atoms with van der Waals surface area (Å²) >= 11 is 0. The van der Waals surface area contributed by atoms with Crippen molar-refractivity contribution in [1.82, 2.24) is 20.1 Å². The molecule has 188 valence electrons. The minimum absolute atomic E-state index is 0.136. The molecule has 4 heterocycles. The second-order valence-electron chi connectivity index (χ2n) is 9.44. The van der Waals surface area contributed by atoms with E-state index in [9.17, 15) is 32.3 Å². The van der Waals surface area contributed by atoms with Gasteiger partial charge in [-0.2, -0.15) is 17.6 Å². The number of alkyl halides is 3. The average Bonchev–Trinajstić information content (AvgIpc) is 2.77. The van der Waals surface area contributed by atoms with Gasteiger partial charge >= 0.3 is 12.1 Å². The topological polar surface area (TPSA) is 97.8 Å². The highest BCUT2D eigenvalue weighted by Gasteiger charge is 2.48. The summed E-state index contributed by atoms with van der Waals surface area (Å²) in [5.74, 6) is -2.87. The number of amides is 1. The molecule has 0 aromatic carbocycles. The fourth-order valence-electron chi connectivity index (χ4n) is 4.33. The molecule has 1 unspecified atom stereocenters.